The van der Waals surface area contributed by atoms with Gasteiger partial charge in [-0.2, -0.15) is 0 Å². The van der Waals surface area contributed by atoms with Crippen molar-refractivity contribution in [1.82, 2.24) is 9.80 Å². The van der Waals surface area contributed by atoms with E-state index in [9.17, 15) is 0 Å². The zero-order valence-corrected chi connectivity index (χ0v) is 8.78. The molecule has 0 aromatic heterocycles. The van der Waals surface area contributed by atoms with E-state index in [4.69, 9.17) is 18.0 Å². The fourth-order valence-corrected chi connectivity index (χ4v) is 1.73. The average Bonchev–Trinajstić information content (AvgIpc) is 2.06. The van der Waals surface area contributed by atoms with Crippen molar-refractivity contribution in [2.45, 2.75) is 0 Å². The molecule has 0 bridgehead atoms. The van der Waals surface area contributed by atoms with Crippen LogP contribution in [0.15, 0.2) is 0 Å². The number of hydrogen-bond donors (Lipinski definition) is 2. The Morgan fingerprint density at radius 3 is 2.33 bits per heavy atom. The van der Waals surface area contributed by atoms with Crippen LogP contribution in [0.3, 0.4) is 0 Å². The van der Waals surface area contributed by atoms with Crippen molar-refractivity contribution in [3.63, 3.8) is 0 Å². The summed E-state index contributed by atoms with van der Waals surface area (Å²) in [5.74, 6) is 0. The van der Waals surface area contributed by atoms with Gasteiger partial charge in [-0.3, -0.25) is 4.90 Å². The summed E-state index contributed by atoms with van der Waals surface area (Å²) in [4.78, 5) is 4.47. The minimum atomic E-state index is 0.711. The third-order valence-electron chi connectivity index (χ3n) is 2.09. The number of nitrogens with two attached hydrogens (primary N) is 1. The van der Waals surface area contributed by atoms with Crippen molar-refractivity contribution >= 4 is 29.2 Å². The zero-order chi connectivity index (χ0) is 8.97. The summed E-state index contributed by atoms with van der Waals surface area (Å²) in [5.41, 5.74) is 5.46. The fraction of sp³-hybridized carbons (Fsp3) is 0.857. The lowest BCUT2D eigenvalue weighted by Crippen LogP contribution is -2.48. The van der Waals surface area contributed by atoms with Gasteiger partial charge in [-0.05, 0) is 0 Å². The molecule has 0 unspecified atom stereocenters. The Kier molecular flexibility index (Phi) is 4.28. The normalized spacial score (nSPS) is 19.7. The molecule has 5 heteroatoms. The summed E-state index contributed by atoms with van der Waals surface area (Å²) < 4.78 is 0.711. The number of rotatable bonds is 2. The highest BCUT2D eigenvalue weighted by atomic mass is 32.1. The molecule has 1 aliphatic rings. The van der Waals surface area contributed by atoms with E-state index in [0.29, 0.717) is 4.32 Å². The summed E-state index contributed by atoms with van der Waals surface area (Å²) in [5, 5.41) is 0. The van der Waals surface area contributed by atoms with E-state index in [1.807, 2.05) is 0 Å². The SMILES string of the molecule is NCCN1CCN(C(=S)S)CC1. The van der Waals surface area contributed by atoms with E-state index in [1.54, 1.807) is 0 Å². The second-order valence-corrected chi connectivity index (χ2v) is 4.01. The highest BCUT2D eigenvalue weighted by Crippen LogP contribution is 2.03. The molecule has 12 heavy (non-hydrogen) atoms. The first kappa shape index (κ1) is 10.2. The van der Waals surface area contributed by atoms with Crippen molar-refractivity contribution in [3.05, 3.63) is 0 Å². The number of thiocarbonyl (C=S) groups is 1. The van der Waals surface area contributed by atoms with Gasteiger partial charge in [0.05, 0.1) is 0 Å². The summed E-state index contributed by atoms with van der Waals surface area (Å²) in [7, 11) is 0. The third kappa shape index (κ3) is 2.90. The maximum absolute atomic E-state index is 5.46. The van der Waals surface area contributed by atoms with Crippen LogP contribution in [-0.4, -0.2) is 53.4 Å². The average molecular weight is 205 g/mol. The predicted octanol–water partition coefficient (Wildman–Crippen LogP) is -0.223. The van der Waals surface area contributed by atoms with Gasteiger partial charge < -0.3 is 10.6 Å². The molecule has 0 aromatic carbocycles. The quantitative estimate of drug-likeness (QED) is 0.482. The molecular formula is C7H15N3S2. The summed E-state index contributed by atoms with van der Waals surface area (Å²) in [6.07, 6.45) is 0. The Labute approximate surface area is 84.3 Å². The van der Waals surface area contributed by atoms with Crippen LogP contribution in [0, 0.1) is 0 Å². The maximum atomic E-state index is 5.46. The largest absolute Gasteiger partial charge is 0.355 e. The number of thiol groups is 1. The van der Waals surface area contributed by atoms with E-state index < -0.39 is 0 Å². The molecule has 3 nitrogen and oxygen atoms in total. The van der Waals surface area contributed by atoms with Gasteiger partial charge in [0.2, 0.25) is 0 Å². The predicted molar refractivity (Wildman–Crippen MR) is 58.7 cm³/mol. The van der Waals surface area contributed by atoms with Crippen molar-refractivity contribution in [3.8, 4) is 0 Å². The van der Waals surface area contributed by atoms with Crippen molar-refractivity contribution in [2.75, 3.05) is 39.3 Å². The van der Waals surface area contributed by atoms with Crippen LogP contribution in [0.1, 0.15) is 0 Å². The molecule has 0 radical (unpaired) electrons. The summed E-state index contributed by atoms with van der Waals surface area (Å²) in [6.45, 7) is 5.82. The lowest BCUT2D eigenvalue weighted by molar-refractivity contribution is 0.190. The molecule has 70 valence electrons. The lowest BCUT2D eigenvalue weighted by atomic mass is 10.3. The van der Waals surface area contributed by atoms with E-state index >= 15 is 0 Å². The van der Waals surface area contributed by atoms with Crippen LogP contribution in [0.4, 0.5) is 0 Å². The molecule has 0 saturated carbocycles. The Balaban J connectivity index is 2.25. The number of hydrogen-bond acceptors (Lipinski definition) is 3. The molecule has 0 aromatic rings. The van der Waals surface area contributed by atoms with Crippen molar-refractivity contribution in [1.29, 1.82) is 0 Å². The third-order valence-corrected chi connectivity index (χ3v) is 2.63. The van der Waals surface area contributed by atoms with Crippen molar-refractivity contribution in [2.24, 2.45) is 5.73 Å². The Bertz CT molecular complexity index is 155. The van der Waals surface area contributed by atoms with Crippen LogP contribution in [0.5, 0.6) is 0 Å². The highest BCUT2D eigenvalue weighted by Gasteiger charge is 2.15. The summed E-state index contributed by atoms with van der Waals surface area (Å²) in [6, 6.07) is 0. The zero-order valence-electron chi connectivity index (χ0n) is 7.07. The van der Waals surface area contributed by atoms with Gasteiger partial charge in [0.25, 0.3) is 0 Å². The van der Waals surface area contributed by atoms with Gasteiger partial charge in [0, 0.05) is 39.3 Å². The maximum Gasteiger partial charge on any atom is 0.133 e. The fourth-order valence-electron chi connectivity index (χ4n) is 1.35. The second-order valence-electron chi connectivity index (χ2n) is 2.90. The molecule has 1 saturated heterocycles. The Morgan fingerprint density at radius 1 is 1.33 bits per heavy atom. The molecule has 1 aliphatic heterocycles. The van der Waals surface area contributed by atoms with Crippen LogP contribution in [0.2, 0.25) is 0 Å². The minimum absolute atomic E-state index is 0.711. The monoisotopic (exact) mass is 205 g/mol. The Morgan fingerprint density at radius 2 is 1.92 bits per heavy atom. The topological polar surface area (TPSA) is 32.5 Å². The van der Waals surface area contributed by atoms with E-state index in [-0.39, 0.29) is 0 Å². The molecule has 1 rings (SSSR count). The van der Waals surface area contributed by atoms with E-state index in [2.05, 4.69) is 22.4 Å². The van der Waals surface area contributed by atoms with Gasteiger partial charge in [0.15, 0.2) is 0 Å². The molecular weight excluding hydrogens is 190 g/mol. The number of piperazine rings is 1. The first-order valence-electron chi connectivity index (χ1n) is 4.14. The second kappa shape index (κ2) is 5.01. The molecule has 0 atom stereocenters. The van der Waals surface area contributed by atoms with E-state index in [0.717, 1.165) is 39.3 Å². The molecule has 0 amide bonds. The smallest absolute Gasteiger partial charge is 0.133 e. The molecule has 0 spiro atoms. The van der Waals surface area contributed by atoms with Crippen molar-refractivity contribution < 1.29 is 0 Å². The highest BCUT2D eigenvalue weighted by molar-refractivity contribution is 8.10. The summed E-state index contributed by atoms with van der Waals surface area (Å²) >= 11 is 9.10. The van der Waals surface area contributed by atoms with Crippen LogP contribution >= 0.6 is 24.8 Å². The van der Waals surface area contributed by atoms with Gasteiger partial charge in [-0.1, -0.05) is 12.2 Å². The first-order valence-corrected chi connectivity index (χ1v) is 5.00. The lowest BCUT2D eigenvalue weighted by Gasteiger charge is -2.34. The van der Waals surface area contributed by atoms with Gasteiger partial charge in [0.1, 0.15) is 4.32 Å². The molecule has 0 aliphatic carbocycles. The van der Waals surface area contributed by atoms with Crippen LogP contribution < -0.4 is 5.73 Å². The molecule has 1 fully saturated rings. The van der Waals surface area contributed by atoms with Crippen LogP contribution in [0.25, 0.3) is 0 Å². The van der Waals surface area contributed by atoms with E-state index in [1.165, 1.54) is 0 Å². The minimum Gasteiger partial charge on any atom is -0.355 e. The molecule has 1 heterocycles. The van der Waals surface area contributed by atoms with Gasteiger partial charge in [-0.15, -0.1) is 12.6 Å². The molecule has 2 N–H and O–H groups in total. The standard InChI is InChI=1S/C7H15N3S2/c8-1-2-9-3-5-10(6-4-9)7(11)12/h1-6,8H2,(H,11,12). The number of nitrogens with zero attached hydrogens (tertiary/aromatic N) is 2. The Hall–Kier alpha value is 0.160. The first-order chi connectivity index (χ1) is 5.74. The van der Waals surface area contributed by atoms with Gasteiger partial charge >= 0.3 is 0 Å². The van der Waals surface area contributed by atoms with Crippen LogP contribution in [-0.2, 0) is 0 Å². The van der Waals surface area contributed by atoms with Gasteiger partial charge in [-0.25, -0.2) is 0 Å².